The van der Waals surface area contributed by atoms with Crippen LogP contribution in [0.4, 0.5) is 0 Å². The van der Waals surface area contributed by atoms with Crippen LogP contribution in [0.1, 0.15) is 47.0 Å². The SMILES string of the molecule is CC[C@@]1(CO)CCCN1CC(C)(C)C. The smallest absolute Gasteiger partial charge is 0.0615 e. The van der Waals surface area contributed by atoms with Crippen LogP contribution in [0.2, 0.25) is 0 Å². The molecule has 0 spiro atoms. The summed E-state index contributed by atoms with van der Waals surface area (Å²) in [4.78, 5) is 2.49. The van der Waals surface area contributed by atoms with Gasteiger partial charge in [0.1, 0.15) is 0 Å². The van der Waals surface area contributed by atoms with Crippen molar-refractivity contribution >= 4 is 0 Å². The van der Waals surface area contributed by atoms with E-state index in [-0.39, 0.29) is 5.54 Å². The van der Waals surface area contributed by atoms with Gasteiger partial charge in [-0.25, -0.2) is 0 Å². The zero-order valence-electron chi connectivity index (χ0n) is 10.1. The average molecular weight is 199 g/mol. The van der Waals surface area contributed by atoms with Crippen molar-refractivity contribution in [2.45, 2.75) is 52.5 Å². The zero-order valence-corrected chi connectivity index (χ0v) is 10.1. The maximum Gasteiger partial charge on any atom is 0.0615 e. The van der Waals surface area contributed by atoms with E-state index in [1.54, 1.807) is 0 Å². The van der Waals surface area contributed by atoms with Crippen LogP contribution in [0, 0.1) is 5.41 Å². The van der Waals surface area contributed by atoms with E-state index in [4.69, 9.17) is 0 Å². The molecular weight excluding hydrogens is 174 g/mol. The van der Waals surface area contributed by atoms with Crippen LogP contribution in [-0.4, -0.2) is 35.2 Å². The van der Waals surface area contributed by atoms with E-state index in [1.165, 1.54) is 6.42 Å². The van der Waals surface area contributed by atoms with Crippen LogP contribution >= 0.6 is 0 Å². The standard InChI is InChI=1S/C12H25NO/c1-5-12(10-14)7-6-8-13(12)9-11(2,3)4/h14H,5-10H2,1-4H3/t12-/m0/s1. The highest BCUT2D eigenvalue weighted by molar-refractivity contribution is 4.95. The summed E-state index contributed by atoms with van der Waals surface area (Å²) in [5.41, 5.74) is 0.424. The summed E-state index contributed by atoms with van der Waals surface area (Å²) in [5.74, 6) is 0. The van der Waals surface area contributed by atoms with Crippen molar-refractivity contribution in [3.05, 3.63) is 0 Å². The van der Waals surface area contributed by atoms with Gasteiger partial charge in [-0.3, -0.25) is 4.90 Å². The Bertz CT molecular complexity index is 179. The van der Waals surface area contributed by atoms with Crippen molar-refractivity contribution in [3.8, 4) is 0 Å². The predicted octanol–water partition coefficient (Wildman–Crippen LogP) is 2.27. The molecule has 0 aromatic heterocycles. The van der Waals surface area contributed by atoms with Crippen LogP contribution in [0.15, 0.2) is 0 Å². The number of rotatable bonds is 3. The Balaban J connectivity index is 2.67. The molecule has 1 aliphatic rings. The van der Waals surface area contributed by atoms with Gasteiger partial charge in [-0.05, 0) is 31.2 Å². The molecule has 1 heterocycles. The van der Waals surface area contributed by atoms with E-state index in [1.807, 2.05) is 0 Å². The number of hydrogen-bond acceptors (Lipinski definition) is 2. The summed E-state index contributed by atoms with van der Waals surface area (Å²) >= 11 is 0. The van der Waals surface area contributed by atoms with E-state index in [0.717, 1.165) is 25.9 Å². The molecule has 14 heavy (non-hydrogen) atoms. The molecule has 0 aromatic carbocycles. The second kappa shape index (κ2) is 4.19. The first-order valence-corrected chi connectivity index (χ1v) is 5.79. The third-order valence-corrected chi connectivity index (χ3v) is 3.36. The lowest BCUT2D eigenvalue weighted by atomic mass is 9.90. The van der Waals surface area contributed by atoms with Crippen molar-refractivity contribution in [1.82, 2.24) is 4.90 Å². The highest BCUT2D eigenvalue weighted by Gasteiger charge is 2.39. The molecule has 0 saturated carbocycles. The number of aliphatic hydroxyl groups excluding tert-OH is 1. The van der Waals surface area contributed by atoms with Gasteiger partial charge in [-0.2, -0.15) is 0 Å². The lowest BCUT2D eigenvalue weighted by Crippen LogP contribution is -2.49. The molecule has 0 bridgehead atoms. The van der Waals surface area contributed by atoms with E-state index in [0.29, 0.717) is 12.0 Å². The van der Waals surface area contributed by atoms with E-state index in [2.05, 4.69) is 32.6 Å². The van der Waals surface area contributed by atoms with Crippen molar-refractivity contribution < 1.29 is 5.11 Å². The fraction of sp³-hybridized carbons (Fsp3) is 1.00. The maximum atomic E-state index is 9.54. The van der Waals surface area contributed by atoms with Crippen LogP contribution in [-0.2, 0) is 0 Å². The predicted molar refractivity (Wildman–Crippen MR) is 60.4 cm³/mol. The molecule has 2 heteroatoms. The largest absolute Gasteiger partial charge is 0.394 e. The molecule has 1 N–H and O–H groups in total. The van der Waals surface area contributed by atoms with Gasteiger partial charge in [-0.1, -0.05) is 27.7 Å². The Labute approximate surface area is 88.3 Å². The first-order chi connectivity index (χ1) is 6.43. The van der Waals surface area contributed by atoms with Gasteiger partial charge < -0.3 is 5.11 Å². The van der Waals surface area contributed by atoms with Gasteiger partial charge in [0.05, 0.1) is 6.61 Å². The van der Waals surface area contributed by atoms with Crippen molar-refractivity contribution in [1.29, 1.82) is 0 Å². The van der Waals surface area contributed by atoms with Crippen LogP contribution in [0.3, 0.4) is 0 Å². The molecule has 0 aliphatic carbocycles. The molecule has 0 radical (unpaired) electrons. The molecule has 84 valence electrons. The average Bonchev–Trinajstić information content (AvgIpc) is 2.46. The van der Waals surface area contributed by atoms with Gasteiger partial charge in [-0.15, -0.1) is 0 Å². The summed E-state index contributed by atoms with van der Waals surface area (Å²) in [7, 11) is 0. The van der Waals surface area contributed by atoms with E-state index in [9.17, 15) is 5.11 Å². The molecule has 0 amide bonds. The third kappa shape index (κ3) is 2.48. The third-order valence-electron chi connectivity index (χ3n) is 3.36. The Kier molecular flexibility index (Phi) is 3.59. The summed E-state index contributed by atoms with van der Waals surface area (Å²) in [5, 5.41) is 9.54. The van der Waals surface area contributed by atoms with Gasteiger partial charge in [0.25, 0.3) is 0 Å². The Hall–Kier alpha value is -0.0800. The van der Waals surface area contributed by atoms with Gasteiger partial charge in [0, 0.05) is 12.1 Å². The van der Waals surface area contributed by atoms with Gasteiger partial charge in [0.2, 0.25) is 0 Å². The number of nitrogens with zero attached hydrogens (tertiary/aromatic N) is 1. The minimum atomic E-state index is 0.0906. The van der Waals surface area contributed by atoms with Crippen LogP contribution in [0.25, 0.3) is 0 Å². The zero-order chi connectivity index (χ0) is 10.8. The summed E-state index contributed by atoms with van der Waals surface area (Å²) < 4.78 is 0. The molecule has 0 aromatic rings. The Morgan fingerprint density at radius 3 is 2.43 bits per heavy atom. The summed E-state index contributed by atoms with van der Waals surface area (Å²) in [6.45, 7) is 11.6. The fourth-order valence-corrected chi connectivity index (χ4v) is 2.50. The van der Waals surface area contributed by atoms with Crippen molar-refractivity contribution in [2.24, 2.45) is 5.41 Å². The quantitative estimate of drug-likeness (QED) is 0.753. The minimum Gasteiger partial charge on any atom is -0.394 e. The van der Waals surface area contributed by atoms with Gasteiger partial charge >= 0.3 is 0 Å². The lowest BCUT2D eigenvalue weighted by Gasteiger charge is -2.40. The minimum absolute atomic E-state index is 0.0906. The summed E-state index contributed by atoms with van der Waals surface area (Å²) in [6, 6.07) is 0. The second-order valence-corrected chi connectivity index (χ2v) is 5.82. The summed E-state index contributed by atoms with van der Waals surface area (Å²) in [6.07, 6.45) is 3.47. The highest BCUT2D eigenvalue weighted by Crippen LogP contribution is 2.34. The fourth-order valence-electron chi connectivity index (χ4n) is 2.50. The molecule has 0 unspecified atom stereocenters. The molecule has 1 atom stereocenters. The first-order valence-electron chi connectivity index (χ1n) is 5.79. The molecule has 1 aliphatic heterocycles. The number of aliphatic hydroxyl groups is 1. The topological polar surface area (TPSA) is 23.5 Å². The molecular formula is C12H25NO. The lowest BCUT2D eigenvalue weighted by molar-refractivity contribution is 0.0378. The molecule has 1 rings (SSSR count). The van der Waals surface area contributed by atoms with Gasteiger partial charge in [0.15, 0.2) is 0 Å². The van der Waals surface area contributed by atoms with Crippen molar-refractivity contribution in [2.75, 3.05) is 19.7 Å². The first kappa shape index (κ1) is 12.0. The monoisotopic (exact) mass is 199 g/mol. The van der Waals surface area contributed by atoms with E-state index >= 15 is 0 Å². The number of hydrogen-bond donors (Lipinski definition) is 1. The highest BCUT2D eigenvalue weighted by atomic mass is 16.3. The maximum absolute atomic E-state index is 9.54. The van der Waals surface area contributed by atoms with E-state index < -0.39 is 0 Å². The Morgan fingerprint density at radius 1 is 1.36 bits per heavy atom. The number of likely N-dealkylation sites (tertiary alicyclic amines) is 1. The molecule has 1 saturated heterocycles. The normalized spacial score (nSPS) is 29.8. The van der Waals surface area contributed by atoms with Crippen LogP contribution in [0.5, 0.6) is 0 Å². The van der Waals surface area contributed by atoms with Crippen LogP contribution < -0.4 is 0 Å². The molecule has 1 fully saturated rings. The Morgan fingerprint density at radius 2 is 2.00 bits per heavy atom. The van der Waals surface area contributed by atoms with Crippen molar-refractivity contribution in [3.63, 3.8) is 0 Å². The molecule has 2 nitrogen and oxygen atoms in total. The second-order valence-electron chi connectivity index (χ2n) is 5.82.